The smallest absolute Gasteiger partial charge is 0.178 e. The van der Waals surface area contributed by atoms with E-state index in [0.717, 1.165) is 32.8 Å². The summed E-state index contributed by atoms with van der Waals surface area (Å²) in [6.45, 7) is 0.710. The number of hydrogen-bond donors (Lipinski definition) is 3. The number of imidazole rings is 1. The summed E-state index contributed by atoms with van der Waals surface area (Å²) in [5, 5.41) is 10.2. The van der Waals surface area contributed by atoms with Gasteiger partial charge in [0.25, 0.3) is 0 Å². The molecule has 3 heterocycles. The van der Waals surface area contributed by atoms with Crippen LogP contribution in [0.1, 0.15) is 5.69 Å². The largest absolute Gasteiger partial charge is 0.379 e. The lowest BCUT2D eigenvalue weighted by Crippen LogP contribution is -1.99. The summed E-state index contributed by atoms with van der Waals surface area (Å²) < 4.78 is 0.929. The Hall–Kier alpha value is -2.67. The molecular weight excluding hydrogens is 356 g/mol. The maximum absolute atomic E-state index is 4.52. The summed E-state index contributed by atoms with van der Waals surface area (Å²) in [4.78, 5) is 12.1. The van der Waals surface area contributed by atoms with Gasteiger partial charge in [0.2, 0.25) is 0 Å². The summed E-state index contributed by atoms with van der Waals surface area (Å²) >= 11 is 3.42. The molecule has 0 fully saturated rings. The zero-order valence-corrected chi connectivity index (χ0v) is 13.6. The molecule has 0 unspecified atom stereocenters. The zero-order valence-electron chi connectivity index (χ0n) is 12.0. The van der Waals surface area contributed by atoms with Gasteiger partial charge in [0.05, 0.1) is 17.8 Å². The van der Waals surface area contributed by atoms with Crippen LogP contribution in [0.4, 0.5) is 5.69 Å². The molecule has 0 saturated heterocycles. The van der Waals surface area contributed by atoms with Gasteiger partial charge in [-0.2, -0.15) is 5.10 Å². The molecule has 0 atom stereocenters. The Bertz CT molecular complexity index is 927. The van der Waals surface area contributed by atoms with E-state index >= 15 is 0 Å². The van der Waals surface area contributed by atoms with Crippen LogP contribution in [0, 0.1) is 0 Å². The molecule has 0 radical (unpaired) electrons. The van der Waals surface area contributed by atoms with Gasteiger partial charge in [-0.05, 0) is 52.3 Å². The number of anilines is 1. The number of benzene rings is 1. The first kappa shape index (κ1) is 14.0. The van der Waals surface area contributed by atoms with Crippen molar-refractivity contribution in [3.63, 3.8) is 0 Å². The van der Waals surface area contributed by atoms with E-state index in [1.807, 2.05) is 36.4 Å². The van der Waals surface area contributed by atoms with Gasteiger partial charge in [-0.25, -0.2) is 9.97 Å². The topological polar surface area (TPSA) is 82.3 Å². The van der Waals surface area contributed by atoms with Crippen LogP contribution in [0.2, 0.25) is 0 Å². The molecule has 4 rings (SSSR count). The van der Waals surface area contributed by atoms with E-state index in [-0.39, 0.29) is 0 Å². The number of nitrogens with zero attached hydrogens (tertiary/aromatic N) is 3. The fourth-order valence-corrected chi connectivity index (χ4v) is 2.67. The molecular formula is C16H13BrN6. The average Bonchev–Trinajstić information content (AvgIpc) is 3.22. The standard InChI is InChI=1S/C16H13BrN6/c17-11-7-14-16(19-8-11)22-15(21-14)10-1-3-12(4-2-10)18-9-13-5-6-20-23-13/h1-8,18H,9H2,(H,20,23)(H,19,21,22). The number of aromatic amines is 2. The lowest BCUT2D eigenvalue weighted by molar-refractivity contribution is 0.981. The summed E-state index contributed by atoms with van der Waals surface area (Å²) in [5.41, 5.74) is 4.73. The molecule has 0 amide bonds. The molecule has 3 N–H and O–H groups in total. The van der Waals surface area contributed by atoms with Crippen molar-refractivity contribution in [2.45, 2.75) is 6.54 Å². The third-order valence-electron chi connectivity index (χ3n) is 3.50. The van der Waals surface area contributed by atoms with Gasteiger partial charge in [-0.1, -0.05) is 0 Å². The summed E-state index contributed by atoms with van der Waals surface area (Å²) in [6.07, 6.45) is 3.49. The fraction of sp³-hybridized carbons (Fsp3) is 0.0625. The van der Waals surface area contributed by atoms with E-state index in [4.69, 9.17) is 0 Å². The Morgan fingerprint density at radius 2 is 2.00 bits per heavy atom. The molecule has 4 aromatic rings. The zero-order chi connectivity index (χ0) is 15.6. The fourth-order valence-electron chi connectivity index (χ4n) is 2.34. The Morgan fingerprint density at radius 1 is 1.13 bits per heavy atom. The van der Waals surface area contributed by atoms with Crippen LogP contribution in [0.5, 0.6) is 0 Å². The lowest BCUT2D eigenvalue weighted by Gasteiger charge is -2.05. The van der Waals surface area contributed by atoms with E-state index < -0.39 is 0 Å². The Morgan fingerprint density at radius 3 is 2.78 bits per heavy atom. The Kier molecular flexibility index (Phi) is 3.55. The lowest BCUT2D eigenvalue weighted by atomic mass is 10.2. The molecule has 3 aromatic heterocycles. The predicted octanol–water partition coefficient (Wildman–Crippen LogP) is 3.72. The van der Waals surface area contributed by atoms with Gasteiger partial charge in [0, 0.05) is 28.1 Å². The third-order valence-corrected chi connectivity index (χ3v) is 3.94. The maximum Gasteiger partial charge on any atom is 0.178 e. The van der Waals surface area contributed by atoms with E-state index in [1.54, 1.807) is 12.4 Å². The van der Waals surface area contributed by atoms with Crippen LogP contribution in [0.3, 0.4) is 0 Å². The molecule has 0 saturated carbocycles. The van der Waals surface area contributed by atoms with Crippen molar-refractivity contribution in [1.29, 1.82) is 0 Å². The van der Waals surface area contributed by atoms with E-state index in [1.165, 1.54) is 0 Å². The Labute approximate surface area is 140 Å². The van der Waals surface area contributed by atoms with Crippen LogP contribution in [-0.4, -0.2) is 25.1 Å². The molecule has 114 valence electrons. The molecule has 0 aliphatic rings. The van der Waals surface area contributed by atoms with E-state index in [0.29, 0.717) is 12.2 Å². The van der Waals surface area contributed by atoms with Gasteiger partial charge in [0.15, 0.2) is 5.65 Å². The van der Waals surface area contributed by atoms with Crippen LogP contribution in [-0.2, 0) is 6.54 Å². The minimum absolute atomic E-state index is 0.710. The summed E-state index contributed by atoms with van der Waals surface area (Å²) in [7, 11) is 0. The van der Waals surface area contributed by atoms with Crippen molar-refractivity contribution >= 4 is 32.8 Å². The van der Waals surface area contributed by atoms with E-state index in [9.17, 15) is 0 Å². The molecule has 0 spiro atoms. The van der Waals surface area contributed by atoms with Crippen LogP contribution in [0.15, 0.2) is 53.3 Å². The highest BCUT2D eigenvalue weighted by Gasteiger charge is 2.06. The number of halogens is 1. The van der Waals surface area contributed by atoms with Crippen molar-refractivity contribution in [3.05, 3.63) is 59.0 Å². The highest BCUT2D eigenvalue weighted by atomic mass is 79.9. The summed E-state index contributed by atoms with van der Waals surface area (Å²) in [6, 6.07) is 12.0. The highest BCUT2D eigenvalue weighted by Crippen LogP contribution is 2.23. The van der Waals surface area contributed by atoms with Gasteiger partial charge in [0.1, 0.15) is 5.82 Å². The number of nitrogens with one attached hydrogen (secondary N) is 3. The summed E-state index contributed by atoms with van der Waals surface area (Å²) in [5.74, 6) is 0.811. The first-order valence-corrected chi connectivity index (χ1v) is 7.91. The van der Waals surface area contributed by atoms with Crippen molar-refractivity contribution in [1.82, 2.24) is 25.1 Å². The predicted molar refractivity (Wildman–Crippen MR) is 92.9 cm³/mol. The van der Waals surface area contributed by atoms with Crippen molar-refractivity contribution in [3.8, 4) is 11.4 Å². The number of rotatable bonds is 4. The van der Waals surface area contributed by atoms with E-state index in [2.05, 4.69) is 46.4 Å². The third kappa shape index (κ3) is 2.95. The van der Waals surface area contributed by atoms with Crippen molar-refractivity contribution in [2.24, 2.45) is 0 Å². The second-order valence-electron chi connectivity index (χ2n) is 5.12. The Balaban J connectivity index is 1.54. The molecule has 23 heavy (non-hydrogen) atoms. The average molecular weight is 369 g/mol. The number of fused-ring (bicyclic) bond motifs is 1. The molecule has 6 nitrogen and oxygen atoms in total. The molecule has 1 aromatic carbocycles. The first-order chi connectivity index (χ1) is 11.3. The van der Waals surface area contributed by atoms with Gasteiger partial charge in [-0.3, -0.25) is 5.10 Å². The minimum Gasteiger partial charge on any atom is -0.379 e. The van der Waals surface area contributed by atoms with Gasteiger partial charge < -0.3 is 10.3 Å². The number of aromatic nitrogens is 5. The number of H-pyrrole nitrogens is 2. The number of pyridine rings is 1. The molecule has 0 aliphatic heterocycles. The maximum atomic E-state index is 4.52. The minimum atomic E-state index is 0.710. The van der Waals surface area contributed by atoms with Crippen LogP contribution < -0.4 is 5.32 Å². The van der Waals surface area contributed by atoms with Gasteiger partial charge >= 0.3 is 0 Å². The second kappa shape index (κ2) is 5.85. The van der Waals surface area contributed by atoms with Crippen molar-refractivity contribution in [2.75, 3.05) is 5.32 Å². The van der Waals surface area contributed by atoms with Crippen LogP contribution >= 0.6 is 15.9 Å². The number of hydrogen-bond acceptors (Lipinski definition) is 4. The van der Waals surface area contributed by atoms with Gasteiger partial charge in [-0.15, -0.1) is 0 Å². The molecule has 7 heteroatoms. The SMILES string of the molecule is Brc1cnc2nc(-c3ccc(NCc4ccn[nH]4)cc3)[nH]c2c1. The normalized spacial score (nSPS) is 11.0. The van der Waals surface area contributed by atoms with Crippen LogP contribution in [0.25, 0.3) is 22.6 Å². The first-order valence-electron chi connectivity index (χ1n) is 7.12. The molecule has 0 bridgehead atoms. The van der Waals surface area contributed by atoms with Crippen molar-refractivity contribution < 1.29 is 0 Å². The molecule has 0 aliphatic carbocycles. The highest BCUT2D eigenvalue weighted by molar-refractivity contribution is 9.10. The second-order valence-corrected chi connectivity index (χ2v) is 6.04. The quantitative estimate of drug-likeness (QED) is 0.512. The monoisotopic (exact) mass is 368 g/mol.